The number of nitrogens with two attached hydrogens (primary N) is 1. The number of nitrogens with zero attached hydrogens (tertiary/aromatic N) is 1. The summed E-state index contributed by atoms with van der Waals surface area (Å²) in [6, 6.07) is 0.0850. The van der Waals surface area contributed by atoms with Gasteiger partial charge in [-0.25, -0.2) is 8.42 Å². The van der Waals surface area contributed by atoms with Crippen LogP contribution in [0.1, 0.15) is 0 Å². The Bertz CT molecular complexity index is 241. The third-order valence-corrected chi connectivity index (χ3v) is 2.99. The SMILES string of the molecule is COCC(CN)N(C)CCS(C)(=O)=O. The highest BCUT2D eigenvalue weighted by molar-refractivity contribution is 7.90. The number of sulfone groups is 1. The fraction of sp³-hybridized carbons (Fsp3) is 1.00. The predicted molar refractivity (Wildman–Crippen MR) is 57.1 cm³/mol. The number of likely N-dealkylation sites (N-methyl/N-ethyl adjacent to an activating group) is 1. The van der Waals surface area contributed by atoms with Crippen LogP contribution in [0.4, 0.5) is 0 Å². The first-order valence-electron chi connectivity index (χ1n) is 4.47. The van der Waals surface area contributed by atoms with Gasteiger partial charge in [0.05, 0.1) is 12.4 Å². The second kappa shape index (κ2) is 6.34. The largest absolute Gasteiger partial charge is 0.383 e. The normalized spacial score (nSPS) is 14.6. The van der Waals surface area contributed by atoms with Gasteiger partial charge < -0.3 is 10.5 Å². The van der Waals surface area contributed by atoms with Crippen LogP contribution in [-0.4, -0.2) is 65.2 Å². The Morgan fingerprint density at radius 3 is 2.43 bits per heavy atom. The van der Waals surface area contributed by atoms with Gasteiger partial charge in [0.25, 0.3) is 0 Å². The van der Waals surface area contributed by atoms with E-state index < -0.39 is 9.84 Å². The Morgan fingerprint density at radius 2 is 2.07 bits per heavy atom. The van der Waals surface area contributed by atoms with Gasteiger partial charge in [-0.2, -0.15) is 0 Å². The van der Waals surface area contributed by atoms with E-state index in [4.69, 9.17) is 10.5 Å². The maximum atomic E-state index is 10.9. The minimum atomic E-state index is -2.90. The number of methoxy groups -OCH3 is 1. The van der Waals surface area contributed by atoms with E-state index in [-0.39, 0.29) is 11.8 Å². The molecule has 0 spiro atoms. The van der Waals surface area contributed by atoms with Crippen molar-refractivity contribution < 1.29 is 13.2 Å². The molecule has 0 aliphatic rings. The molecule has 0 amide bonds. The molecule has 5 nitrogen and oxygen atoms in total. The zero-order valence-corrected chi connectivity index (χ0v) is 9.88. The quantitative estimate of drug-likeness (QED) is 0.596. The molecule has 6 heteroatoms. The molecule has 0 aromatic heterocycles. The van der Waals surface area contributed by atoms with Crippen LogP contribution in [0.2, 0.25) is 0 Å². The molecule has 0 radical (unpaired) electrons. The van der Waals surface area contributed by atoms with Gasteiger partial charge in [-0.3, -0.25) is 4.90 Å². The molecule has 0 heterocycles. The smallest absolute Gasteiger partial charge is 0.148 e. The van der Waals surface area contributed by atoms with Crippen molar-refractivity contribution in [3.63, 3.8) is 0 Å². The van der Waals surface area contributed by atoms with Gasteiger partial charge in [0.15, 0.2) is 0 Å². The van der Waals surface area contributed by atoms with Crippen LogP contribution in [0.25, 0.3) is 0 Å². The molecule has 86 valence electrons. The minimum Gasteiger partial charge on any atom is -0.383 e. The first-order chi connectivity index (χ1) is 6.40. The lowest BCUT2D eigenvalue weighted by molar-refractivity contribution is 0.114. The molecule has 0 aliphatic carbocycles. The van der Waals surface area contributed by atoms with Gasteiger partial charge in [-0.15, -0.1) is 0 Å². The van der Waals surface area contributed by atoms with Gasteiger partial charge in [0, 0.05) is 32.5 Å². The maximum absolute atomic E-state index is 10.9. The Labute approximate surface area is 86.1 Å². The van der Waals surface area contributed by atoms with Crippen LogP contribution in [0.3, 0.4) is 0 Å². The first-order valence-corrected chi connectivity index (χ1v) is 6.53. The first kappa shape index (κ1) is 13.8. The maximum Gasteiger partial charge on any atom is 0.148 e. The summed E-state index contributed by atoms with van der Waals surface area (Å²) < 4.78 is 26.8. The van der Waals surface area contributed by atoms with E-state index in [1.807, 2.05) is 11.9 Å². The van der Waals surface area contributed by atoms with E-state index in [0.29, 0.717) is 19.7 Å². The zero-order valence-electron chi connectivity index (χ0n) is 9.06. The van der Waals surface area contributed by atoms with E-state index in [1.165, 1.54) is 6.26 Å². The van der Waals surface area contributed by atoms with Crippen LogP contribution >= 0.6 is 0 Å². The second-order valence-corrected chi connectivity index (χ2v) is 5.72. The number of ether oxygens (including phenoxy) is 1. The van der Waals surface area contributed by atoms with Crippen LogP contribution in [0.15, 0.2) is 0 Å². The van der Waals surface area contributed by atoms with Gasteiger partial charge in [0.2, 0.25) is 0 Å². The molecule has 0 fully saturated rings. The van der Waals surface area contributed by atoms with Crippen LogP contribution in [0, 0.1) is 0 Å². The van der Waals surface area contributed by atoms with E-state index in [0.717, 1.165) is 0 Å². The lowest BCUT2D eigenvalue weighted by atomic mass is 10.3. The van der Waals surface area contributed by atoms with Crippen molar-refractivity contribution in [2.45, 2.75) is 6.04 Å². The summed E-state index contributed by atoms with van der Waals surface area (Å²) in [6.07, 6.45) is 1.23. The molecule has 0 aromatic rings. The summed E-state index contributed by atoms with van der Waals surface area (Å²) in [6.45, 7) is 1.48. The molecule has 2 N–H and O–H groups in total. The summed E-state index contributed by atoms with van der Waals surface area (Å²) in [5.74, 6) is 0.156. The third-order valence-electron chi connectivity index (χ3n) is 2.07. The average molecular weight is 224 g/mol. The highest BCUT2D eigenvalue weighted by atomic mass is 32.2. The molecule has 0 rings (SSSR count). The molecule has 1 unspecified atom stereocenters. The van der Waals surface area contributed by atoms with Crippen LogP contribution < -0.4 is 5.73 Å². The zero-order chi connectivity index (χ0) is 11.2. The average Bonchev–Trinajstić information content (AvgIpc) is 2.09. The molecule has 0 aliphatic heterocycles. The lowest BCUT2D eigenvalue weighted by Gasteiger charge is -2.25. The van der Waals surface area contributed by atoms with Crippen molar-refractivity contribution in [3.8, 4) is 0 Å². The number of rotatable bonds is 7. The number of hydrogen-bond donors (Lipinski definition) is 1. The molecular formula is C8H20N2O3S. The second-order valence-electron chi connectivity index (χ2n) is 3.46. The summed E-state index contributed by atoms with van der Waals surface area (Å²) in [5, 5.41) is 0. The van der Waals surface area contributed by atoms with Crippen LogP contribution in [-0.2, 0) is 14.6 Å². The Balaban J connectivity index is 3.98. The predicted octanol–water partition coefficient (Wildman–Crippen LogP) is -1.06. The summed E-state index contributed by atoms with van der Waals surface area (Å²) in [7, 11) is 0.554. The molecule has 1 atom stereocenters. The molecule has 14 heavy (non-hydrogen) atoms. The summed E-state index contributed by atoms with van der Waals surface area (Å²) >= 11 is 0. The third kappa shape index (κ3) is 6.31. The van der Waals surface area contributed by atoms with Crippen LogP contribution in [0.5, 0.6) is 0 Å². The van der Waals surface area contributed by atoms with E-state index in [1.54, 1.807) is 7.11 Å². The molecule has 0 bridgehead atoms. The van der Waals surface area contributed by atoms with Gasteiger partial charge >= 0.3 is 0 Å². The molecular weight excluding hydrogens is 204 g/mol. The topological polar surface area (TPSA) is 72.6 Å². The van der Waals surface area contributed by atoms with Gasteiger partial charge in [0.1, 0.15) is 9.84 Å². The minimum absolute atomic E-state index is 0.0850. The monoisotopic (exact) mass is 224 g/mol. The van der Waals surface area contributed by atoms with Crippen molar-refractivity contribution in [1.82, 2.24) is 4.90 Å². The summed E-state index contributed by atoms with van der Waals surface area (Å²) in [4.78, 5) is 1.91. The fourth-order valence-corrected chi connectivity index (χ4v) is 1.68. The Morgan fingerprint density at radius 1 is 1.50 bits per heavy atom. The highest BCUT2D eigenvalue weighted by Gasteiger charge is 2.14. The summed E-state index contributed by atoms with van der Waals surface area (Å²) in [5.41, 5.74) is 5.53. The van der Waals surface area contributed by atoms with E-state index >= 15 is 0 Å². The Hall–Kier alpha value is -0.170. The molecule has 0 aromatic carbocycles. The van der Waals surface area contributed by atoms with Gasteiger partial charge in [-0.1, -0.05) is 0 Å². The van der Waals surface area contributed by atoms with Crippen molar-refractivity contribution in [2.24, 2.45) is 5.73 Å². The lowest BCUT2D eigenvalue weighted by Crippen LogP contribution is -2.43. The van der Waals surface area contributed by atoms with Crippen molar-refractivity contribution in [3.05, 3.63) is 0 Å². The standard InChI is InChI=1S/C8H20N2O3S/c1-10(4-5-14(3,11)12)8(6-9)7-13-2/h8H,4-7,9H2,1-3H3. The van der Waals surface area contributed by atoms with Crippen molar-refractivity contribution >= 4 is 9.84 Å². The highest BCUT2D eigenvalue weighted by Crippen LogP contribution is 1.96. The van der Waals surface area contributed by atoms with Gasteiger partial charge in [-0.05, 0) is 7.05 Å². The van der Waals surface area contributed by atoms with E-state index in [2.05, 4.69) is 0 Å². The number of hydrogen-bond acceptors (Lipinski definition) is 5. The van der Waals surface area contributed by atoms with Crippen molar-refractivity contribution in [1.29, 1.82) is 0 Å². The fourth-order valence-electron chi connectivity index (χ4n) is 1.06. The molecule has 0 saturated carbocycles. The Kier molecular flexibility index (Phi) is 6.26. The van der Waals surface area contributed by atoms with Crippen molar-refractivity contribution in [2.75, 3.05) is 45.9 Å². The van der Waals surface area contributed by atoms with E-state index in [9.17, 15) is 8.42 Å². The molecule has 0 saturated heterocycles.